The molecule has 0 aliphatic rings. The van der Waals surface area contributed by atoms with Crippen LogP contribution >= 0.6 is 0 Å². The molecular formula is C27H21NO. The fourth-order valence-electron chi connectivity index (χ4n) is 4.13. The summed E-state index contributed by atoms with van der Waals surface area (Å²) < 4.78 is 6.42. The molecule has 4 aromatic carbocycles. The van der Waals surface area contributed by atoms with Crippen molar-refractivity contribution >= 4 is 21.5 Å². The monoisotopic (exact) mass is 375 g/mol. The molecule has 0 N–H and O–H groups in total. The van der Waals surface area contributed by atoms with E-state index in [0.717, 1.165) is 27.7 Å². The summed E-state index contributed by atoms with van der Waals surface area (Å²) in [5.74, 6) is 1.70. The van der Waals surface area contributed by atoms with E-state index in [1.807, 2.05) is 48.8 Å². The number of hydrogen-bond donors (Lipinski definition) is 0. The topological polar surface area (TPSA) is 22.1 Å². The molecule has 5 rings (SSSR count). The van der Waals surface area contributed by atoms with Gasteiger partial charge >= 0.3 is 0 Å². The van der Waals surface area contributed by atoms with Crippen molar-refractivity contribution in [1.82, 2.24) is 4.98 Å². The highest BCUT2D eigenvalue weighted by atomic mass is 16.5. The third-order valence-corrected chi connectivity index (χ3v) is 5.25. The van der Waals surface area contributed by atoms with E-state index in [0.29, 0.717) is 0 Å². The molecule has 0 aliphatic carbocycles. The van der Waals surface area contributed by atoms with Gasteiger partial charge in [0.1, 0.15) is 11.5 Å². The van der Waals surface area contributed by atoms with Crippen molar-refractivity contribution in [3.63, 3.8) is 0 Å². The zero-order valence-corrected chi connectivity index (χ0v) is 16.5. The summed E-state index contributed by atoms with van der Waals surface area (Å²) in [5, 5.41) is 4.44. The molecule has 5 aromatic rings. The van der Waals surface area contributed by atoms with Crippen LogP contribution < -0.4 is 4.74 Å². The fraction of sp³-hybridized carbons (Fsp3) is 0.0741. The van der Waals surface area contributed by atoms with Crippen LogP contribution in [0.15, 0.2) is 91.3 Å². The highest BCUT2D eigenvalue weighted by Gasteiger charge is 2.17. The lowest BCUT2D eigenvalue weighted by atomic mass is 9.91. The van der Waals surface area contributed by atoms with Crippen LogP contribution in [-0.4, -0.2) is 4.98 Å². The first kappa shape index (κ1) is 17.4. The minimum atomic E-state index is 0.829. The molecule has 0 radical (unpaired) electrons. The highest BCUT2D eigenvalue weighted by molar-refractivity contribution is 6.16. The van der Waals surface area contributed by atoms with Crippen LogP contribution in [0.4, 0.5) is 0 Å². The molecule has 0 aliphatic heterocycles. The predicted molar refractivity (Wildman–Crippen MR) is 121 cm³/mol. The Hall–Kier alpha value is -3.65. The summed E-state index contributed by atoms with van der Waals surface area (Å²) >= 11 is 0. The smallest absolute Gasteiger partial charge is 0.143 e. The van der Waals surface area contributed by atoms with Gasteiger partial charge in [0.15, 0.2) is 0 Å². The van der Waals surface area contributed by atoms with E-state index in [9.17, 15) is 0 Å². The average molecular weight is 375 g/mol. The number of aromatic nitrogens is 1. The van der Waals surface area contributed by atoms with E-state index in [1.165, 1.54) is 27.6 Å². The second-order valence-electron chi connectivity index (χ2n) is 7.46. The summed E-state index contributed by atoms with van der Waals surface area (Å²) in [7, 11) is 0. The van der Waals surface area contributed by atoms with Crippen LogP contribution in [0, 0.1) is 13.8 Å². The van der Waals surface area contributed by atoms with Crippen molar-refractivity contribution in [2.45, 2.75) is 13.8 Å². The van der Waals surface area contributed by atoms with Crippen molar-refractivity contribution in [1.29, 1.82) is 0 Å². The maximum Gasteiger partial charge on any atom is 0.143 e. The number of hydrogen-bond acceptors (Lipinski definition) is 2. The van der Waals surface area contributed by atoms with Crippen LogP contribution in [0.1, 0.15) is 11.1 Å². The Bertz CT molecular complexity index is 1260. The number of rotatable bonds is 3. The molecule has 29 heavy (non-hydrogen) atoms. The number of para-hydroxylation sites is 1. The van der Waals surface area contributed by atoms with E-state index < -0.39 is 0 Å². The number of ether oxygens (including phenoxy) is 1. The Labute approximate surface area is 170 Å². The maximum atomic E-state index is 6.42. The van der Waals surface area contributed by atoms with Crippen LogP contribution in [0.25, 0.3) is 32.7 Å². The number of aryl methyl sites for hydroxylation is 2. The largest absolute Gasteiger partial charge is 0.456 e. The second kappa shape index (κ2) is 7.06. The molecule has 1 aromatic heterocycles. The molecule has 0 unspecified atom stereocenters. The molecule has 0 spiro atoms. The lowest BCUT2D eigenvalue weighted by Gasteiger charge is -2.18. The molecule has 1 heterocycles. The van der Waals surface area contributed by atoms with Gasteiger partial charge in [-0.3, -0.25) is 4.98 Å². The quantitative estimate of drug-likeness (QED) is 0.305. The van der Waals surface area contributed by atoms with Gasteiger partial charge in [0, 0.05) is 28.6 Å². The molecule has 0 bridgehead atoms. The van der Waals surface area contributed by atoms with Gasteiger partial charge in [-0.25, -0.2) is 0 Å². The third kappa shape index (κ3) is 3.13. The van der Waals surface area contributed by atoms with Gasteiger partial charge in [0.25, 0.3) is 0 Å². The molecule has 0 amide bonds. The normalized spacial score (nSPS) is 11.1. The molecule has 0 fully saturated rings. The van der Waals surface area contributed by atoms with Crippen LogP contribution in [0.2, 0.25) is 0 Å². The summed E-state index contributed by atoms with van der Waals surface area (Å²) in [5.41, 5.74) is 4.93. The first-order valence-corrected chi connectivity index (χ1v) is 9.81. The predicted octanol–water partition coefficient (Wildman–Crippen LogP) is 7.46. The zero-order valence-electron chi connectivity index (χ0n) is 16.5. The van der Waals surface area contributed by atoms with Gasteiger partial charge in [-0.15, -0.1) is 0 Å². The van der Waals surface area contributed by atoms with Gasteiger partial charge in [0.05, 0.1) is 0 Å². The van der Waals surface area contributed by atoms with Crippen molar-refractivity contribution < 1.29 is 4.74 Å². The highest BCUT2D eigenvalue weighted by Crippen LogP contribution is 2.44. The number of benzene rings is 4. The lowest BCUT2D eigenvalue weighted by Crippen LogP contribution is -1.93. The van der Waals surface area contributed by atoms with Crippen molar-refractivity contribution in [3.05, 3.63) is 102 Å². The van der Waals surface area contributed by atoms with Crippen LogP contribution in [-0.2, 0) is 0 Å². The molecule has 0 saturated carbocycles. The van der Waals surface area contributed by atoms with Crippen LogP contribution in [0.3, 0.4) is 0 Å². The van der Waals surface area contributed by atoms with Crippen molar-refractivity contribution in [3.8, 4) is 22.6 Å². The fourth-order valence-corrected chi connectivity index (χ4v) is 4.13. The Morgan fingerprint density at radius 2 is 1.31 bits per heavy atom. The summed E-state index contributed by atoms with van der Waals surface area (Å²) in [4.78, 5) is 4.44. The van der Waals surface area contributed by atoms with Crippen molar-refractivity contribution in [2.75, 3.05) is 0 Å². The summed E-state index contributed by atoms with van der Waals surface area (Å²) in [6, 6.07) is 27.2. The van der Waals surface area contributed by atoms with E-state index in [4.69, 9.17) is 4.74 Å². The number of pyridine rings is 1. The van der Waals surface area contributed by atoms with Crippen LogP contribution in [0.5, 0.6) is 11.5 Å². The van der Waals surface area contributed by atoms with E-state index in [1.54, 1.807) is 0 Å². The Morgan fingerprint density at radius 3 is 2.07 bits per heavy atom. The molecule has 2 nitrogen and oxygen atoms in total. The second-order valence-corrected chi connectivity index (χ2v) is 7.46. The van der Waals surface area contributed by atoms with Gasteiger partial charge in [-0.05, 0) is 48.6 Å². The van der Waals surface area contributed by atoms with Gasteiger partial charge in [0.2, 0.25) is 0 Å². The molecule has 0 atom stereocenters. The lowest BCUT2D eigenvalue weighted by molar-refractivity contribution is 0.494. The standard InChI is InChI=1S/C27H21NO/c1-18-14-19(2)16-20(15-18)26-22-10-6-7-11-23(22)27(24-12-13-28-17-25(24)26)29-21-8-4-3-5-9-21/h3-17H,1-2H3. The summed E-state index contributed by atoms with van der Waals surface area (Å²) in [6.07, 6.45) is 3.78. The summed E-state index contributed by atoms with van der Waals surface area (Å²) in [6.45, 7) is 4.29. The van der Waals surface area contributed by atoms with Gasteiger partial charge < -0.3 is 4.74 Å². The van der Waals surface area contributed by atoms with Crippen molar-refractivity contribution in [2.24, 2.45) is 0 Å². The first-order chi connectivity index (χ1) is 14.2. The Kier molecular flexibility index (Phi) is 4.25. The number of nitrogens with zero attached hydrogens (tertiary/aromatic N) is 1. The molecular weight excluding hydrogens is 354 g/mol. The van der Waals surface area contributed by atoms with Gasteiger partial charge in [-0.2, -0.15) is 0 Å². The SMILES string of the molecule is Cc1cc(C)cc(-c2c3ccccc3c(Oc3ccccc3)c3ccncc23)c1. The zero-order chi connectivity index (χ0) is 19.8. The van der Waals surface area contributed by atoms with E-state index in [2.05, 4.69) is 61.3 Å². The van der Waals surface area contributed by atoms with E-state index >= 15 is 0 Å². The Balaban J connectivity index is 1.89. The third-order valence-electron chi connectivity index (χ3n) is 5.25. The van der Waals surface area contributed by atoms with Gasteiger partial charge in [-0.1, -0.05) is 71.8 Å². The minimum Gasteiger partial charge on any atom is -0.456 e. The molecule has 140 valence electrons. The molecule has 0 saturated heterocycles. The first-order valence-electron chi connectivity index (χ1n) is 9.81. The average Bonchev–Trinajstić information content (AvgIpc) is 2.74. The minimum absolute atomic E-state index is 0.829. The van der Waals surface area contributed by atoms with E-state index in [-0.39, 0.29) is 0 Å². The number of fused-ring (bicyclic) bond motifs is 2. The molecule has 2 heteroatoms. The maximum absolute atomic E-state index is 6.42. The Morgan fingerprint density at radius 1 is 0.655 bits per heavy atom.